The van der Waals surface area contributed by atoms with Crippen LogP contribution in [0.5, 0.6) is 11.5 Å². The van der Waals surface area contributed by atoms with E-state index in [9.17, 15) is 9.59 Å². The van der Waals surface area contributed by atoms with Gasteiger partial charge in [-0.2, -0.15) is 0 Å². The van der Waals surface area contributed by atoms with Crippen LogP contribution in [0.1, 0.15) is 18.5 Å². The minimum absolute atomic E-state index is 0.262. The SMILES string of the molecule is CCNC(=O)COC(=O)C1CNNC1c1ccc2c(c1)OCCO2. The molecule has 0 spiro atoms. The quantitative estimate of drug-likeness (QED) is 0.647. The zero-order valence-electron chi connectivity index (χ0n) is 13.5. The molecule has 2 aliphatic rings. The number of carbonyl (C=O) groups is 2. The number of hydrazine groups is 1. The number of hydrogen-bond acceptors (Lipinski definition) is 7. The number of rotatable bonds is 5. The van der Waals surface area contributed by atoms with Crippen LogP contribution >= 0.6 is 0 Å². The lowest BCUT2D eigenvalue weighted by molar-refractivity contribution is -0.152. The predicted octanol–water partition coefficient (Wildman–Crippen LogP) is -0.0978. The van der Waals surface area contributed by atoms with Crippen molar-refractivity contribution in [2.45, 2.75) is 13.0 Å². The molecular weight excluding hydrogens is 314 g/mol. The molecule has 3 N–H and O–H groups in total. The molecule has 2 aliphatic heterocycles. The van der Waals surface area contributed by atoms with Crippen LogP contribution in [0, 0.1) is 5.92 Å². The van der Waals surface area contributed by atoms with Gasteiger partial charge in [0.05, 0.1) is 12.0 Å². The zero-order valence-corrected chi connectivity index (χ0v) is 13.5. The molecule has 0 aromatic heterocycles. The first-order valence-electron chi connectivity index (χ1n) is 8.00. The van der Waals surface area contributed by atoms with Gasteiger partial charge in [-0.15, -0.1) is 0 Å². The Kier molecular flexibility index (Phi) is 5.17. The van der Waals surface area contributed by atoms with Crippen LogP contribution in [0.15, 0.2) is 18.2 Å². The second-order valence-electron chi connectivity index (χ2n) is 5.57. The van der Waals surface area contributed by atoms with Crippen molar-refractivity contribution in [2.75, 3.05) is 32.9 Å². The van der Waals surface area contributed by atoms with Gasteiger partial charge in [0.1, 0.15) is 13.2 Å². The molecule has 0 saturated carbocycles. The standard InChI is InChI=1S/C16H21N3O5/c1-2-17-14(20)9-24-16(21)11-8-18-19-15(11)10-3-4-12-13(7-10)23-6-5-22-12/h3-4,7,11,15,18-19H,2,5-6,8-9H2,1H3,(H,17,20). The highest BCUT2D eigenvalue weighted by atomic mass is 16.6. The van der Waals surface area contributed by atoms with Crippen LogP contribution in [-0.2, 0) is 14.3 Å². The molecule has 1 amide bonds. The maximum atomic E-state index is 12.3. The fourth-order valence-corrected chi connectivity index (χ4v) is 2.78. The molecule has 8 nitrogen and oxygen atoms in total. The molecule has 130 valence electrons. The highest BCUT2D eigenvalue weighted by Crippen LogP contribution is 2.35. The maximum absolute atomic E-state index is 12.3. The second kappa shape index (κ2) is 7.50. The number of fused-ring (bicyclic) bond motifs is 1. The predicted molar refractivity (Wildman–Crippen MR) is 84.4 cm³/mol. The second-order valence-corrected chi connectivity index (χ2v) is 5.57. The van der Waals surface area contributed by atoms with Gasteiger partial charge < -0.3 is 19.5 Å². The van der Waals surface area contributed by atoms with E-state index in [0.29, 0.717) is 37.8 Å². The number of esters is 1. The van der Waals surface area contributed by atoms with Crippen LogP contribution in [0.25, 0.3) is 0 Å². The van der Waals surface area contributed by atoms with Crippen molar-refractivity contribution in [3.8, 4) is 11.5 Å². The monoisotopic (exact) mass is 335 g/mol. The lowest BCUT2D eigenvalue weighted by Crippen LogP contribution is -2.32. The largest absolute Gasteiger partial charge is 0.486 e. The van der Waals surface area contributed by atoms with Gasteiger partial charge in [-0.3, -0.25) is 15.0 Å². The van der Waals surface area contributed by atoms with Gasteiger partial charge in [0, 0.05) is 13.1 Å². The lowest BCUT2D eigenvalue weighted by Gasteiger charge is -2.22. The summed E-state index contributed by atoms with van der Waals surface area (Å²) >= 11 is 0. The molecule has 3 rings (SSSR count). The van der Waals surface area contributed by atoms with Crippen molar-refractivity contribution >= 4 is 11.9 Å². The first-order valence-corrected chi connectivity index (χ1v) is 8.00. The van der Waals surface area contributed by atoms with Crippen molar-refractivity contribution in [2.24, 2.45) is 5.92 Å². The van der Waals surface area contributed by atoms with E-state index in [-0.39, 0.29) is 18.6 Å². The van der Waals surface area contributed by atoms with Crippen molar-refractivity contribution < 1.29 is 23.8 Å². The minimum atomic E-state index is -0.429. The van der Waals surface area contributed by atoms with Crippen LogP contribution < -0.4 is 25.6 Å². The number of amides is 1. The van der Waals surface area contributed by atoms with Gasteiger partial charge in [-0.1, -0.05) is 6.07 Å². The third kappa shape index (κ3) is 3.60. The van der Waals surface area contributed by atoms with E-state index in [1.807, 2.05) is 25.1 Å². The molecule has 24 heavy (non-hydrogen) atoms. The van der Waals surface area contributed by atoms with E-state index in [1.165, 1.54) is 0 Å². The van der Waals surface area contributed by atoms with Gasteiger partial charge in [-0.25, -0.2) is 5.43 Å². The number of benzene rings is 1. The molecule has 8 heteroatoms. The van der Waals surface area contributed by atoms with Gasteiger partial charge in [0.15, 0.2) is 18.1 Å². The summed E-state index contributed by atoms with van der Waals surface area (Å²) in [6.07, 6.45) is 0. The maximum Gasteiger partial charge on any atom is 0.312 e. The summed E-state index contributed by atoms with van der Waals surface area (Å²) in [4.78, 5) is 23.7. The third-order valence-corrected chi connectivity index (χ3v) is 3.93. The van der Waals surface area contributed by atoms with E-state index in [1.54, 1.807) is 0 Å². The van der Waals surface area contributed by atoms with Crippen LogP contribution in [0.2, 0.25) is 0 Å². The summed E-state index contributed by atoms with van der Waals surface area (Å²) in [6.45, 7) is 3.50. The lowest BCUT2D eigenvalue weighted by atomic mass is 9.94. The summed E-state index contributed by atoms with van der Waals surface area (Å²) in [5.41, 5.74) is 6.94. The number of likely N-dealkylation sites (N-methyl/N-ethyl adjacent to an activating group) is 1. The Labute approximate surface area is 139 Å². The highest BCUT2D eigenvalue weighted by molar-refractivity contribution is 5.81. The summed E-state index contributed by atoms with van der Waals surface area (Å²) in [6, 6.07) is 5.33. The van der Waals surface area contributed by atoms with Gasteiger partial charge in [0.25, 0.3) is 5.91 Å². The Bertz CT molecular complexity index is 622. The average molecular weight is 335 g/mol. The van der Waals surface area contributed by atoms with Crippen LogP contribution in [0.3, 0.4) is 0 Å². The van der Waals surface area contributed by atoms with E-state index in [0.717, 1.165) is 5.56 Å². The zero-order chi connectivity index (χ0) is 16.9. The van der Waals surface area contributed by atoms with Crippen molar-refractivity contribution in [1.82, 2.24) is 16.2 Å². The average Bonchev–Trinajstić information content (AvgIpc) is 3.09. The number of ether oxygens (including phenoxy) is 3. The summed E-state index contributed by atoms with van der Waals surface area (Å²) < 4.78 is 16.2. The van der Waals surface area contributed by atoms with Crippen molar-refractivity contribution in [3.05, 3.63) is 23.8 Å². The molecule has 0 radical (unpaired) electrons. The van der Waals surface area contributed by atoms with E-state index >= 15 is 0 Å². The number of hydrogen-bond donors (Lipinski definition) is 3. The smallest absolute Gasteiger partial charge is 0.312 e. The molecule has 1 saturated heterocycles. The fraction of sp³-hybridized carbons (Fsp3) is 0.500. The Morgan fingerprint density at radius 1 is 1.29 bits per heavy atom. The molecule has 0 aliphatic carbocycles. The normalized spacial score (nSPS) is 22.0. The minimum Gasteiger partial charge on any atom is -0.486 e. The Hall–Kier alpha value is -2.32. The Balaban J connectivity index is 1.66. The first kappa shape index (κ1) is 16.5. The molecule has 0 bridgehead atoms. The summed E-state index contributed by atoms with van der Waals surface area (Å²) in [5, 5.41) is 2.59. The van der Waals surface area contributed by atoms with Gasteiger partial charge in [-0.05, 0) is 24.6 Å². The molecule has 1 aromatic rings. The van der Waals surface area contributed by atoms with Crippen molar-refractivity contribution in [3.63, 3.8) is 0 Å². The molecular formula is C16H21N3O5. The Morgan fingerprint density at radius 2 is 2.08 bits per heavy atom. The summed E-state index contributed by atoms with van der Waals surface area (Å²) in [5.74, 6) is 0.217. The van der Waals surface area contributed by atoms with Crippen molar-refractivity contribution in [1.29, 1.82) is 0 Å². The van der Waals surface area contributed by atoms with Gasteiger partial charge in [0.2, 0.25) is 0 Å². The molecule has 2 unspecified atom stereocenters. The first-order chi connectivity index (χ1) is 11.7. The van der Waals surface area contributed by atoms with E-state index < -0.39 is 11.9 Å². The Morgan fingerprint density at radius 3 is 2.88 bits per heavy atom. The van der Waals surface area contributed by atoms with Crippen LogP contribution in [0.4, 0.5) is 0 Å². The third-order valence-electron chi connectivity index (χ3n) is 3.93. The highest BCUT2D eigenvalue weighted by Gasteiger charge is 2.36. The molecule has 1 aromatic carbocycles. The van der Waals surface area contributed by atoms with E-state index in [2.05, 4.69) is 16.2 Å². The van der Waals surface area contributed by atoms with Crippen LogP contribution in [-0.4, -0.2) is 44.8 Å². The van der Waals surface area contributed by atoms with E-state index in [4.69, 9.17) is 14.2 Å². The molecule has 1 fully saturated rings. The molecule has 2 atom stereocenters. The number of carbonyl (C=O) groups excluding carboxylic acids is 2. The van der Waals surface area contributed by atoms with Gasteiger partial charge >= 0.3 is 5.97 Å². The topological polar surface area (TPSA) is 97.9 Å². The fourth-order valence-electron chi connectivity index (χ4n) is 2.78. The summed E-state index contributed by atoms with van der Waals surface area (Å²) in [7, 11) is 0. The molecule has 2 heterocycles. The number of nitrogens with one attached hydrogen (secondary N) is 3.